The van der Waals surface area contributed by atoms with Gasteiger partial charge in [0.1, 0.15) is 11.6 Å². The Labute approximate surface area is 160 Å². The fourth-order valence-corrected chi connectivity index (χ4v) is 3.33. The van der Waals surface area contributed by atoms with E-state index in [9.17, 15) is 4.79 Å². The van der Waals surface area contributed by atoms with E-state index in [2.05, 4.69) is 39.0 Å². The Morgan fingerprint density at radius 1 is 1.26 bits per heavy atom. The van der Waals surface area contributed by atoms with Crippen LogP contribution in [0.1, 0.15) is 25.1 Å². The summed E-state index contributed by atoms with van der Waals surface area (Å²) in [6.45, 7) is 12.5. The van der Waals surface area contributed by atoms with Crippen LogP contribution in [0.15, 0.2) is 23.1 Å². The third-order valence-corrected chi connectivity index (χ3v) is 5.21. The molecule has 1 atom stereocenters. The Bertz CT molecular complexity index is 810. The average Bonchev–Trinajstić information content (AvgIpc) is 2.67. The Morgan fingerprint density at radius 3 is 2.59 bits per heavy atom. The number of aryl methyl sites for hydroxylation is 1. The Hall–Kier alpha value is -2.25. The van der Waals surface area contributed by atoms with Crippen LogP contribution in [0.4, 0.5) is 5.82 Å². The molecule has 2 aromatic rings. The summed E-state index contributed by atoms with van der Waals surface area (Å²) in [6, 6.07) is 4.30. The van der Waals surface area contributed by atoms with E-state index in [-0.39, 0.29) is 5.56 Å². The minimum atomic E-state index is -0.106. The van der Waals surface area contributed by atoms with Crippen molar-refractivity contribution >= 4 is 5.82 Å². The molecule has 3 rings (SSSR count). The zero-order chi connectivity index (χ0) is 19.4. The molecule has 1 fully saturated rings. The molecule has 0 aromatic carbocycles. The summed E-state index contributed by atoms with van der Waals surface area (Å²) in [4.78, 5) is 26.2. The van der Waals surface area contributed by atoms with Crippen molar-refractivity contribution in [1.29, 1.82) is 0 Å². The molecule has 0 bridgehead atoms. The zero-order valence-corrected chi connectivity index (χ0v) is 16.6. The van der Waals surface area contributed by atoms with Crippen molar-refractivity contribution in [2.75, 3.05) is 38.2 Å². The van der Waals surface area contributed by atoms with E-state index in [1.54, 1.807) is 13.1 Å². The fourth-order valence-electron chi connectivity index (χ4n) is 3.33. The summed E-state index contributed by atoms with van der Waals surface area (Å²) in [5.41, 5.74) is 2.08. The van der Waals surface area contributed by atoms with E-state index in [4.69, 9.17) is 4.74 Å². The number of aromatic nitrogens is 3. The molecule has 0 saturated carbocycles. The first-order valence-electron chi connectivity index (χ1n) is 9.55. The molecule has 0 radical (unpaired) electrons. The lowest BCUT2D eigenvalue weighted by Crippen LogP contribution is -2.49. The molecule has 2 N–H and O–H groups in total. The summed E-state index contributed by atoms with van der Waals surface area (Å²) in [6.07, 6.45) is 1.74. The molecule has 146 valence electrons. The van der Waals surface area contributed by atoms with E-state index < -0.39 is 0 Å². The van der Waals surface area contributed by atoms with Gasteiger partial charge in [-0.05, 0) is 31.9 Å². The molecule has 0 amide bonds. The lowest BCUT2D eigenvalue weighted by molar-refractivity contribution is 0.00953. The summed E-state index contributed by atoms with van der Waals surface area (Å²) < 4.78 is 5.47. The number of nitrogens with one attached hydrogen (secondary N) is 2. The third-order valence-electron chi connectivity index (χ3n) is 5.21. The van der Waals surface area contributed by atoms with Crippen molar-refractivity contribution in [3.63, 3.8) is 0 Å². The van der Waals surface area contributed by atoms with Crippen molar-refractivity contribution in [2.24, 2.45) is 5.92 Å². The molecular weight excluding hydrogens is 342 g/mol. The van der Waals surface area contributed by atoms with Gasteiger partial charge in [-0.15, -0.1) is 0 Å². The van der Waals surface area contributed by atoms with Gasteiger partial charge in [-0.2, -0.15) is 0 Å². The van der Waals surface area contributed by atoms with Crippen molar-refractivity contribution in [3.05, 3.63) is 39.9 Å². The fraction of sp³-hybridized carbons (Fsp3) is 0.550. The summed E-state index contributed by atoms with van der Waals surface area (Å²) >= 11 is 0. The minimum Gasteiger partial charge on any atom is -0.379 e. The first-order chi connectivity index (χ1) is 13.0. The molecule has 27 heavy (non-hydrogen) atoms. The quantitative estimate of drug-likeness (QED) is 0.810. The van der Waals surface area contributed by atoms with Gasteiger partial charge in [0.25, 0.3) is 5.56 Å². The molecular formula is C20H29N5O2. The maximum atomic E-state index is 12.0. The molecule has 2 aromatic heterocycles. The van der Waals surface area contributed by atoms with Gasteiger partial charge in [0.2, 0.25) is 0 Å². The monoisotopic (exact) mass is 371 g/mol. The molecule has 1 saturated heterocycles. The molecule has 0 spiro atoms. The maximum absolute atomic E-state index is 12.0. The van der Waals surface area contributed by atoms with Gasteiger partial charge >= 0.3 is 0 Å². The van der Waals surface area contributed by atoms with Gasteiger partial charge in [-0.1, -0.05) is 13.8 Å². The lowest BCUT2D eigenvalue weighted by Gasteiger charge is -2.37. The highest BCUT2D eigenvalue weighted by atomic mass is 16.5. The number of aromatic amines is 1. The average molecular weight is 371 g/mol. The predicted octanol–water partition coefficient (Wildman–Crippen LogP) is 2.22. The first kappa shape index (κ1) is 19.5. The second-order valence-electron chi connectivity index (χ2n) is 7.40. The SMILES string of the molecule is Cc1nc(-c2ccc(NCC(C(C)C)N3CCOCC3)nc2)[nH]c(=O)c1C. The first-order valence-corrected chi connectivity index (χ1v) is 9.55. The van der Waals surface area contributed by atoms with Crippen LogP contribution in [0, 0.1) is 19.8 Å². The number of hydrogen-bond acceptors (Lipinski definition) is 6. The number of H-pyrrole nitrogens is 1. The minimum absolute atomic E-state index is 0.106. The second kappa shape index (κ2) is 8.63. The number of anilines is 1. The largest absolute Gasteiger partial charge is 0.379 e. The molecule has 1 unspecified atom stereocenters. The van der Waals surface area contributed by atoms with Gasteiger partial charge in [-0.3, -0.25) is 9.69 Å². The van der Waals surface area contributed by atoms with E-state index in [0.29, 0.717) is 23.3 Å². The van der Waals surface area contributed by atoms with E-state index in [0.717, 1.165) is 49.9 Å². The van der Waals surface area contributed by atoms with Crippen LogP contribution in [-0.4, -0.2) is 58.7 Å². The van der Waals surface area contributed by atoms with Crippen LogP contribution in [0.25, 0.3) is 11.4 Å². The summed E-state index contributed by atoms with van der Waals surface area (Å²) in [7, 11) is 0. The Morgan fingerprint density at radius 2 is 2.00 bits per heavy atom. The molecule has 0 aliphatic carbocycles. The summed E-state index contributed by atoms with van der Waals surface area (Å²) in [5.74, 6) is 1.92. The third kappa shape index (κ3) is 4.73. The van der Waals surface area contributed by atoms with Gasteiger partial charge in [0.15, 0.2) is 0 Å². The summed E-state index contributed by atoms with van der Waals surface area (Å²) in [5, 5.41) is 3.45. The second-order valence-corrected chi connectivity index (χ2v) is 7.40. The zero-order valence-electron chi connectivity index (χ0n) is 16.6. The van der Waals surface area contributed by atoms with Gasteiger partial charge in [0, 0.05) is 48.7 Å². The lowest BCUT2D eigenvalue weighted by atomic mass is 10.0. The standard InChI is InChI=1S/C20H29N5O2/c1-13(2)17(25-7-9-27-10-8-25)12-22-18-6-5-16(11-21-18)19-23-15(4)14(3)20(26)24-19/h5-6,11,13,17H,7-10,12H2,1-4H3,(H,21,22)(H,23,24,26). The topological polar surface area (TPSA) is 83.1 Å². The Kier molecular flexibility index (Phi) is 6.23. The smallest absolute Gasteiger partial charge is 0.254 e. The van der Waals surface area contributed by atoms with Crippen molar-refractivity contribution in [3.8, 4) is 11.4 Å². The number of hydrogen-bond donors (Lipinski definition) is 2. The predicted molar refractivity (Wildman–Crippen MR) is 107 cm³/mol. The van der Waals surface area contributed by atoms with Crippen LogP contribution < -0.4 is 10.9 Å². The number of morpholine rings is 1. The highest BCUT2D eigenvalue weighted by Crippen LogP contribution is 2.17. The maximum Gasteiger partial charge on any atom is 0.254 e. The van der Waals surface area contributed by atoms with Crippen LogP contribution in [0.3, 0.4) is 0 Å². The molecule has 7 nitrogen and oxygen atoms in total. The number of nitrogens with zero attached hydrogens (tertiary/aromatic N) is 3. The Balaban J connectivity index is 1.67. The molecule has 1 aliphatic heterocycles. The highest BCUT2D eigenvalue weighted by molar-refractivity contribution is 5.56. The molecule has 3 heterocycles. The van der Waals surface area contributed by atoms with Gasteiger partial charge < -0.3 is 15.0 Å². The molecule has 7 heteroatoms. The number of pyridine rings is 1. The normalized spacial score (nSPS) is 16.5. The van der Waals surface area contributed by atoms with Crippen LogP contribution in [0.5, 0.6) is 0 Å². The number of rotatable bonds is 6. The number of ether oxygens (including phenoxy) is 1. The van der Waals surface area contributed by atoms with Gasteiger partial charge in [-0.25, -0.2) is 9.97 Å². The highest BCUT2D eigenvalue weighted by Gasteiger charge is 2.23. The van der Waals surface area contributed by atoms with Crippen LogP contribution >= 0.6 is 0 Å². The van der Waals surface area contributed by atoms with E-state index in [1.165, 1.54) is 0 Å². The van der Waals surface area contributed by atoms with Crippen molar-refractivity contribution in [2.45, 2.75) is 33.7 Å². The van der Waals surface area contributed by atoms with Gasteiger partial charge in [0.05, 0.1) is 13.2 Å². The van der Waals surface area contributed by atoms with E-state index >= 15 is 0 Å². The van der Waals surface area contributed by atoms with Crippen molar-refractivity contribution in [1.82, 2.24) is 19.9 Å². The molecule has 1 aliphatic rings. The van der Waals surface area contributed by atoms with E-state index in [1.807, 2.05) is 19.1 Å². The van der Waals surface area contributed by atoms with Crippen LogP contribution in [0.2, 0.25) is 0 Å². The van der Waals surface area contributed by atoms with Crippen LogP contribution in [-0.2, 0) is 4.74 Å². The van der Waals surface area contributed by atoms with Crippen molar-refractivity contribution < 1.29 is 4.74 Å².